The maximum absolute atomic E-state index is 5.75. The highest BCUT2D eigenvalue weighted by Crippen LogP contribution is 2.21. The van der Waals surface area contributed by atoms with E-state index in [1.54, 1.807) is 0 Å². The number of hydrogen-bond donors (Lipinski definition) is 0. The molecular weight excluding hydrogens is 308 g/mol. The SMILES string of the molecule is Cc1ccc([C@@H](C)CCN2CCN(C/C=C/c3ccccc3)CC2)o1. The van der Waals surface area contributed by atoms with E-state index in [-0.39, 0.29) is 0 Å². The Morgan fingerprint density at radius 3 is 2.40 bits per heavy atom. The fourth-order valence-electron chi connectivity index (χ4n) is 3.33. The van der Waals surface area contributed by atoms with Crippen LogP contribution in [0, 0.1) is 6.92 Å². The highest BCUT2D eigenvalue weighted by atomic mass is 16.3. The summed E-state index contributed by atoms with van der Waals surface area (Å²) in [6, 6.07) is 14.7. The monoisotopic (exact) mass is 338 g/mol. The summed E-state index contributed by atoms with van der Waals surface area (Å²) in [6.45, 7) is 11.1. The Labute approximate surface area is 151 Å². The van der Waals surface area contributed by atoms with Crippen LogP contribution in [0.4, 0.5) is 0 Å². The molecule has 1 fully saturated rings. The van der Waals surface area contributed by atoms with Crippen molar-refractivity contribution >= 4 is 6.08 Å². The molecule has 2 heterocycles. The van der Waals surface area contributed by atoms with Crippen LogP contribution in [-0.2, 0) is 0 Å². The van der Waals surface area contributed by atoms with E-state index < -0.39 is 0 Å². The Bertz CT molecular complexity index is 654. The molecule has 0 aliphatic carbocycles. The molecule has 3 rings (SSSR count). The average molecular weight is 338 g/mol. The molecule has 2 aromatic rings. The van der Waals surface area contributed by atoms with Crippen molar-refractivity contribution in [1.82, 2.24) is 9.80 Å². The summed E-state index contributed by atoms with van der Waals surface area (Å²) >= 11 is 0. The van der Waals surface area contributed by atoms with E-state index in [1.807, 2.05) is 6.92 Å². The van der Waals surface area contributed by atoms with Crippen molar-refractivity contribution in [3.8, 4) is 0 Å². The van der Waals surface area contributed by atoms with Gasteiger partial charge in [0.1, 0.15) is 11.5 Å². The van der Waals surface area contributed by atoms with Crippen molar-refractivity contribution in [3.05, 3.63) is 65.6 Å². The highest BCUT2D eigenvalue weighted by molar-refractivity contribution is 5.48. The van der Waals surface area contributed by atoms with Gasteiger partial charge in [-0.2, -0.15) is 0 Å². The van der Waals surface area contributed by atoms with Crippen molar-refractivity contribution in [1.29, 1.82) is 0 Å². The van der Waals surface area contributed by atoms with Gasteiger partial charge in [-0.3, -0.25) is 4.90 Å². The summed E-state index contributed by atoms with van der Waals surface area (Å²) in [5.41, 5.74) is 1.28. The zero-order valence-electron chi connectivity index (χ0n) is 15.5. The summed E-state index contributed by atoms with van der Waals surface area (Å²) in [5.74, 6) is 2.64. The lowest BCUT2D eigenvalue weighted by atomic mass is 10.0. The Morgan fingerprint density at radius 2 is 1.72 bits per heavy atom. The van der Waals surface area contributed by atoms with E-state index in [0.29, 0.717) is 5.92 Å². The topological polar surface area (TPSA) is 19.6 Å². The quantitative estimate of drug-likeness (QED) is 0.745. The van der Waals surface area contributed by atoms with Crippen LogP contribution in [-0.4, -0.2) is 49.1 Å². The third-order valence-corrected chi connectivity index (χ3v) is 5.06. The minimum atomic E-state index is 0.500. The lowest BCUT2D eigenvalue weighted by molar-refractivity contribution is 0.139. The number of benzene rings is 1. The van der Waals surface area contributed by atoms with E-state index in [9.17, 15) is 0 Å². The maximum Gasteiger partial charge on any atom is 0.107 e. The minimum Gasteiger partial charge on any atom is -0.466 e. The van der Waals surface area contributed by atoms with Gasteiger partial charge in [0.2, 0.25) is 0 Å². The molecule has 0 unspecified atom stereocenters. The standard InChI is InChI=1S/C22H30N2O/c1-19(22-11-10-20(2)25-22)12-14-24-17-15-23(16-18-24)13-6-9-21-7-4-3-5-8-21/h3-11,19H,12-18H2,1-2H3/b9-6+/t19-/m0/s1. The molecule has 3 nitrogen and oxygen atoms in total. The van der Waals surface area contributed by atoms with Gasteiger partial charge in [-0.05, 0) is 37.6 Å². The highest BCUT2D eigenvalue weighted by Gasteiger charge is 2.17. The molecular formula is C22H30N2O. The van der Waals surface area contributed by atoms with Gasteiger partial charge in [-0.25, -0.2) is 0 Å². The molecule has 0 radical (unpaired) electrons. The summed E-state index contributed by atoms with van der Waals surface area (Å²) in [7, 11) is 0. The molecule has 25 heavy (non-hydrogen) atoms. The molecule has 1 aromatic heterocycles. The van der Waals surface area contributed by atoms with Gasteiger partial charge < -0.3 is 9.32 Å². The van der Waals surface area contributed by atoms with Crippen LogP contribution in [0.25, 0.3) is 6.08 Å². The third kappa shape index (κ3) is 5.58. The van der Waals surface area contributed by atoms with E-state index >= 15 is 0 Å². The minimum absolute atomic E-state index is 0.500. The second-order valence-corrected chi connectivity index (χ2v) is 7.09. The molecule has 0 bridgehead atoms. The third-order valence-electron chi connectivity index (χ3n) is 5.06. The first-order valence-corrected chi connectivity index (χ1v) is 9.43. The summed E-state index contributed by atoms with van der Waals surface area (Å²) < 4.78 is 5.75. The maximum atomic E-state index is 5.75. The van der Waals surface area contributed by atoms with Crippen LogP contribution in [0.3, 0.4) is 0 Å². The first kappa shape index (κ1) is 18.0. The number of furan rings is 1. The van der Waals surface area contributed by atoms with Crippen molar-refractivity contribution in [3.63, 3.8) is 0 Å². The average Bonchev–Trinajstić information content (AvgIpc) is 3.08. The van der Waals surface area contributed by atoms with Crippen LogP contribution in [0.1, 0.15) is 36.3 Å². The fourth-order valence-corrected chi connectivity index (χ4v) is 3.33. The van der Waals surface area contributed by atoms with Crippen molar-refractivity contribution in [2.75, 3.05) is 39.3 Å². The predicted molar refractivity (Wildman–Crippen MR) is 105 cm³/mol. The molecule has 0 spiro atoms. The van der Waals surface area contributed by atoms with E-state index in [0.717, 1.165) is 37.7 Å². The molecule has 0 amide bonds. The smallest absolute Gasteiger partial charge is 0.107 e. The Kier molecular flexibility index (Phi) is 6.48. The zero-order chi connectivity index (χ0) is 17.5. The van der Waals surface area contributed by atoms with Crippen LogP contribution in [0.15, 0.2) is 53.0 Å². The largest absolute Gasteiger partial charge is 0.466 e. The Morgan fingerprint density at radius 1 is 1.00 bits per heavy atom. The number of hydrogen-bond acceptors (Lipinski definition) is 3. The van der Waals surface area contributed by atoms with Crippen molar-refractivity contribution < 1.29 is 4.42 Å². The molecule has 1 aliphatic rings. The number of nitrogens with zero attached hydrogens (tertiary/aromatic N) is 2. The molecule has 1 aliphatic heterocycles. The summed E-state index contributed by atoms with van der Waals surface area (Å²) in [5, 5.41) is 0. The van der Waals surface area contributed by atoms with Gasteiger partial charge in [0.15, 0.2) is 0 Å². The first-order valence-electron chi connectivity index (χ1n) is 9.43. The lowest BCUT2D eigenvalue weighted by Gasteiger charge is -2.34. The van der Waals surface area contributed by atoms with Gasteiger partial charge in [0.25, 0.3) is 0 Å². The second kappa shape index (κ2) is 9.02. The van der Waals surface area contributed by atoms with E-state index in [4.69, 9.17) is 4.42 Å². The van der Waals surface area contributed by atoms with Crippen LogP contribution in [0.5, 0.6) is 0 Å². The van der Waals surface area contributed by atoms with E-state index in [2.05, 4.69) is 71.3 Å². The molecule has 134 valence electrons. The molecule has 0 N–H and O–H groups in total. The summed E-state index contributed by atoms with van der Waals surface area (Å²) in [4.78, 5) is 5.12. The normalized spacial score (nSPS) is 18.0. The van der Waals surface area contributed by atoms with E-state index in [1.165, 1.54) is 25.1 Å². The van der Waals surface area contributed by atoms with Gasteiger partial charge in [0, 0.05) is 38.6 Å². The fraction of sp³-hybridized carbons (Fsp3) is 0.455. The number of rotatable bonds is 7. The van der Waals surface area contributed by atoms with Crippen LogP contribution in [0.2, 0.25) is 0 Å². The summed E-state index contributed by atoms with van der Waals surface area (Å²) in [6.07, 6.45) is 5.67. The van der Waals surface area contributed by atoms with Gasteiger partial charge in [-0.1, -0.05) is 49.4 Å². The van der Waals surface area contributed by atoms with Crippen LogP contribution < -0.4 is 0 Å². The van der Waals surface area contributed by atoms with Crippen molar-refractivity contribution in [2.45, 2.75) is 26.2 Å². The molecule has 3 heteroatoms. The molecule has 0 saturated carbocycles. The molecule has 1 atom stereocenters. The Balaban J connectivity index is 1.35. The molecule has 1 aromatic carbocycles. The van der Waals surface area contributed by atoms with Crippen LogP contribution >= 0.6 is 0 Å². The van der Waals surface area contributed by atoms with Gasteiger partial charge in [0.05, 0.1) is 0 Å². The zero-order valence-corrected chi connectivity index (χ0v) is 15.5. The van der Waals surface area contributed by atoms with Gasteiger partial charge in [-0.15, -0.1) is 0 Å². The number of aryl methyl sites for hydroxylation is 1. The lowest BCUT2D eigenvalue weighted by Crippen LogP contribution is -2.46. The van der Waals surface area contributed by atoms with Gasteiger partial charge >= 0.3 is 0 Å². The second-order valence-electron chi connectivity index (χ2n) is 7.09. The molecule has 1 saturated heterocycles. The first-order chi connectivity index (χ1) is 12.2. The Hall–Kier alpha value is -1.84. The van der Waals surface area contributed by atoms with Crippen molar-refractivity contribution in [2.24, 2.45) is 0 Å². The predicted octanol–water partition coefficient (Wildman–Crippen LogP) is 4.41. The number of piperazine rings is 1.